The first kappa shape index (κ1) is 12.9. The molecule has 102 valence electrons. The van der Waals surface area contributed by atoms with E-state index in [1.54, 1.807) is 0 Å². The Hall–Kier alpha value is -1.07. The summed E-state index contributed by atoms with van der Waals surface area (Å²) in [7, 11) is 0. The Morgan fingerprint density at radius 1 is 1.37 bits per heavy atom. The van der Waals surface area contributed by atoms with Crippen LogP contribution in [0.25, 0.3) is 0 Å². The highest BCUT2D eigenvalue weighted by Crippen LogP contribution is 2.39. The monoisotopic (exact) mass is 324 g/mol. The lowest BCUT2D eigenvalue weighted by Gasteiger charge is -2.51. The van der Waals surface area contributed by atoms with Crippen molar-refractivity contribution < 1.29 is 9.90 Å². The van der Waals surface area contributed by atoms with Gasteiger partial charge < -0.3 is 15.3 Å². The number of nitrogens with zero attached hydrogens (tertiary/aromatic N) is 1. The number of piperidine rings is 3. The molecule has 4 rings (SSSR count). The van der Waals surface area contributed by atoms with Gasteiger partial charge in [-0.05, 0) is 59.9 Å². The summed E-state index contributed by atoms with van der Waals surface area (Å²) in [6, 6.07) is 7.70. The van der Waals surface area contributed by atoms with Crippen LogP contribution in [0.2, 0.25) is 0 Å². The van der Waals surface area contributed by atoms with Gasteiger partial charge in [-0.15, -0.1) is 0 Å². The van der Waals surface area contributed by atoms with Crippen molar-refractivity contribution >= 4 is 27.6 Å². The Balaban J connectivity index is 1.94. The minimum Gasteiger partial charge on any atom is -0.479 e. The van der Waals surface area contributed by atoms with Gasteiger partial charge in [-0.1, -0.05) is 12.1 Å². The van der Waals surface area contributed by atoms with Crippen LogP contribution in [0.5, 0.6) is 0 Å². The van der Waals surface area contributed by atoms with Crippen molar-refractivity contribution in [3.8, 4) is 0 Å². The first-order valence-electron chi connectivity index (χ1n) is 6.60. The maximum atomic E-state index is 11.9. The lowest BCUT2D eigenvalue weighted by Crippen LogP contribution is -2.66. The molecule has 1 unspecified atom stereocenters. The minimum absolute atomic E-state index is 0.210. The van der Waals surface area contributed by atoms with Crippen LogP contribution in [0, 0.1) is 5.92 Å². The summed E-state index contributed by atoms with van der Waals surface area (Å²) in [4.78, 5) is 14.1. The van der Waals surface area contributed by atoms with E-state index in [4.69, 9.17) is 0 Å². The van der Waals surface area contributed by atoms with Crippen LogP contribution in [0.1, 0.15) is 12.8 Å². The van der Waals surface area contributed by atoms with E-state index >= 15 is 0 Å². The number of benzene rings is 1. The van der Waals surface area contributed by atoms with E-state index in [9.17, 15) is 9.90 Å². The zero-order valence-corrected chi connectivity index (χ0v) is 12.2. The van der Waals surface area contributed by atoms with E-state index in [0.717, 1.165) is 36.1 Å². The summed E-state index contributed by atoms with van der Waals surface area (Å²) in [5, 5.41) is 13.1. The highest BCUT2D eigenvalue weighted by molar-refractivity contribution is 9.10. The van der Waals surface area contributed by atoms with Gasteiger partial charge in [0.1, 0.15) is 0 Å². The Morgan fingerprint density at radius 2 is 2.05 bits per heavy atom. The molecule has 3 aliphatic rings. The van der Waals surface area contributed by atoms with Gasteiger partial charge in [0.05, 0.1) is 0 Å². The van der Waals surface area contributed by atoms with Crippen LogP contribution < -0.4 is 5.32 Å². The fourth-order valence-corrected chi connectivity index (χ4v) is 3.69. The maximum absolute atomic E-state index is 11.9. The Labute approximate surface area is 120 Å². The molecule has 2 bridgehead atoms. The van der Waals surface area contributed by atoms with E-state index in [1.807, 2.05) is 24.3 Å². The van der Waals surface area contributed by atoms with Gasteiger partial charge in [0, 0.05) is 16.7 Å². The summed E-state index contributed by atoms with van der Waals surface area (Å²) < 4.78 is 0.909. The molecule has 0 aromatic heterocycles. The van der Waals surface area contributed by atoms with Crippen LogP contribution in [0.15, 0.2) is 28.7 Å². The second kappa shape index (κ2) is 4.80. The average molecular weight is 325 g/mol. The van der Waals surface area contributed by atoms with Crippen LogP contribution in [0.3, 0.4) is 0 Å². The zero-order chi connectivity index (χ0) is 13.5. The number of aliphatic carboxylic acids is 1. The number of para-hydroxylation sites is 1. The highest BCUT2D eigenvalue weighted by Gasteiger charge is 2.52. The third-order valence-electron chi connectivity index (χ3n) is 4.37. The van der Waals surface area contributed by atoms with Crippen molar-refractivity contribution in [2.45, 2.75) is 18.4 Å². The smallest absolute Gasteiger partial charge is 0.330 e. The van der Waals surface area contributed by atoms with Crippen LogP contribution in [-0.4, -0.2) is 41.1 Å². The molecule has 0 spiro atoms. The van der Waals surface area contributed by atoms with E-state index in [0.29, 0.717) is 6.54 Å². The normalized spacial score (nSPS) is 33.1. The van der Waals surface area contributed by atoms with E-state index in [2.05, 4.69) is 26.1 Å². The summed E-state index contributed by atoms with van der Waals surface area (Å²) >= 11 is 3.48. The van der Waals surface area contributed by atoms with Gasteiger partial charge in [-0.25, -0.2) is 4.79 Å². The van der Waals surface area contributed by atoms with Crippen molar-refractivity contribution in [1.29, 1.82) is 0 Å². The molecule has 4 nitrogen and oxygen atoms in total. The molecule has 2 N–H and O–H groups in total. The molecule has 0 saturated carbocycles. The van der Waals surface area contributed by atoms with E-state index in [-0.39, 0.29) is 5.92 Å². The predicted octanol–water partition coefficient (Wildman–Crippen LogP) is 2.41. The molecule has 1 aromatic carbocycles. The number of fused-ring (bicyclic) bond motifs is 3. The fourth-order valence-electron chi connectivity index (χ4n) is 3.31. The molecule has 3 aliphatic heterocycles. The van der Waals surface area contributed by atoms with Crippen LogP contribution >= 0.6 is 15.9 Å². The Kier molecular flexibility index (Phi) is 3.27. The van der Waals surface area contributed by atoms with Crippen LogP contribution in [0.4, 0.5) is 5.69 Å². The number of rotatable bonds is 3. The number of halogens is 1. The first-order chi connectivity index (χ1) is 9.12. The van der Waals surface area contributed by atoms with Gasteiger partial charge in [0.2, 0.25) is 0 Å². The standard InChI is InChI=1S/C14H17BrN2O2/c15-11-3-1-2-4-12(11)16-14(13(18)19)9-17-7-5-10(14)6-8-17/h1-4,10,16H,5-9H2,(H,18,19). The number of hydrogen-bond acceptors (Lipinski definition) is 3. The second-order valence-corrected chi connectivity index (χ2v) is 6.29. The Morgan fingerprint density at radius 3 is 2.58 bits per heavy atom. The van der Waals surface area contributed by atoms with Crippen molar-refractivity contribution in [3.05, 3.63) is 28.7 Å². The fraction of sp³-hybridized carbons (Fsp3) is 0.500. The molecular weight excluding hydrogens is 308 g/mol. The third kappa shape index (κ3) is 2.15. The molecule has 0 radical (unpaired) electrons. The molecule has 1 aromatic rings. The lowest BCUT2D eigenvalue weighted by molar-refractivity contribution is -0.149. The largest absolute Gasteiger partial charge is 0.479 e. The number of carbonyl (C=O) groups is 1. The molecule has 5 heteroatoms. The topological polar surface area (TPSA) is 52.6 Å². The van der Waals surface area contributed by atoms with E-state index in [1.165, 1.54) is 0 Å². The van der Waals surface area contributed by atoms with Gasteiger partial charge in [0.15, 0.2) is 5.54 Å². The summed E-state index contributed by atoms with van der Waals surface area (Å²) in [6.07, 6.45) is 1.92. The predicted molar refractivity (Wildman–Crippen MR) is 77.3 cm³/mol. The van der Waals surface area contributed by atoms with E-state index < -0.39 is 11.5 Å². The second-order valence-electron chi connectivity index (χ2n) is 5.43. The quantitative estimate of drug-likeness (QED) is 0.896. The zero-order valence-electron chi connectivity index (χ0n) is 10.6. The molecule has 1 atom stereocenters. The number of carboxylic acid groups (broad SMARTS) is 1. The maximum Gasteiger partial charge on any atom is 0.330 e. The average Bonchev–Trinajstić information content (AvgIpc) is 2.42. The third-order valence-corrected chi connectivity index (χ3v) is 5.06. The molecule has 19 heavy (non-hydrogen) atoms. The minimum atomic E-state index is -0.847. The number of carboxylic acids is 1. The highest BCUT2D eigenvalue weighted by atomic mass is 79.9. The first-order valence-corrected chi connectivity index (χ1v) is 7.39. The van der Waals surface area contributed by atoms with Gasteiger partial charge in [-0.2, -0.15) is 0 Å². The molecule has 3 heterocycles. The summed E-state index contributed by atoms with van der Waals surface area (Å²) in [6.45, 7) is 2.64. The number of anilines is 1. The molecule has 0 aliphatic carbocycles. The van der Waals surface area contributed by atoms with Crippen LogP contribution in [-0.2, 0) is 4.79 Å². The van der Waals surface area contributed by atoms with Crippen molar-refractivity contribution in [1.82, 2.24) is 4.90 Å². The van der Waals surface area contributed by atoms with Crippen molar-refractivity contribution in [2.24, 2.45) is 5.92 Å². The molecular formula is C14H17BrN2O2. The Bertz CT molecular complexity index is 500. The summed E-state index contributed by atoms with van der Waals surface area (Å²) in [5.74, 6) is -0.528. The van der Waals surface area contributed by atoms with Crippen molar-refractivity contribution in [2.75, 3.05) is 25.0 Å². The van der Waals surface area contributed by atoms with Gasteiger partial charge in [0.25, 0.3) is 0 Å². The number of hydrogen-bond donors (Lipinski definition) is 2. The van der Waals surface area contributed by atoms with Crippen molar-refractivity contribution in [3.63, 3.8) is 0 Å². The van der Waals surface area contributed by atoms with Gasteiger partial charge >= 0.3 is 5.97 Å². The summed E-state index contributed by atoms with van der Waals surface area (Å²) in [5.41, 5.74) is 0.0130. The number of nitrogens with one attached hydrogen (secondary N) is 1. The SMILES string of the molecule is O=C(O)C1(Nc2ccccc2Br)CN2CCC1CC2. The van der Waals surface area contributed by atoms with Gasteiger partial charge in [-0.3, -0.25) is 0 Å². The molecule has 3 saturated heterocycles. The molecule has 0 amide bonds. The lowest BCUT2D eigenvalue weighted by atomic mass is 9.72. The molecule has 3 fully saturated rings.